The Hall–Kier alpha value is -0.130. The molecule has 6 atom stereocenters. The van der Waals surface area contributed by atoms with Crippen LogP contribution in [-0.4, -0.2) is 59.1 Å². The molecule has 32 heavy (non-hydrogen) atoms. The third kappa shape index (κ3) is 12.4. The topological polar surface area (TPSA) is 100 Å². The number of phosphoric acid groups is 1. The molecular weight excluding hydrogens is 443 g/mol. The van der Waals surface area contributed by atoms with Crippen molar-refractivity contribution in [2.45, 2.75) is 118 Å². The van der Waals surface area contributed by atoms with Crippen LogP contribution in [0.4, 0.5) is 0 Å². The summed E-state index contributed by atoms with van der Waals surface area (Å²) in [5.74, 6) is 0. The number of ether oxygens (including phenoxy) is 6. The van der Waals surface area contributed by atoms with Crippen LogP contribution in [0.5, 0.6) is 0 Å². The maximum Gasteiger partial charge on any atom is 0.481 e. The monoisotopic (exact) mass is 488 g/mol. The van der Waals surface area contributed by atoms with Crippen molar-refractivity contribution in [3.63, 3.8) is 0 Å². The molecule has 194 valence electrons. The number of methoxy groups -OCH3 is 3. The summed E-state index contributed by atoms with van der Waals surface area (Å²) in [5, 5.41) is 0. The number of rotatable bonds is 21. The Morgan fingerprint density at radius 1 is 0.469 bits per heavy atom. The van der Waals surface area contributed by atoms with Crippen molar-refractivity contribution in [1.29, 1.82) is 0 Å². The van der Waals surface area contributed by atoms with Crippen LogP contribution in [0.15, 0.2) is 0 Å². The van der Waals surface area contributed by atoms with Crippen LogP contribution in [0.25, 0.3) is 0 Å². The molecule has 0 radical (unpaired) electrons. The molecule has 0 aromatic rings. The van der Waals surface area contributed by atoms with Gasteiger partial charge in [0.05, 0.1) is 0 Å². The Labute approximate surface area is 194 Å². The van der Waals surface area contributed by atoms with Crippen LogP contribution in [0.2, 0.25) is 0 Å². The second kappa shape index (κ2) is 18.2. The Kier molecular flexibility index (Phi) is 18.2. The molecule has 0 rings (SSSR count). The minimum absolute atomic E-state index is 0.386. The Morgan fingerprint density at radius 2 is 0.688 bits per heavy atom. The van der Waals surface area contributed by atoms with Crippen molar-refractivity contribution in [3.05, 3.63) is 0 Å². The SMILES string of the molecule is CCC(OC)OC(CC)OP(=O)(OC(CC)OC(CC)OC)OC(CC)OC(CC)OC. The molecule has 0 N–H and O–H groups in total. The van der Waals surface area contributed by atoms with E-state index in [-0.39, 0.29) is 0 Å². The Morgan fingerprint density at radius 3 is 0.844 bits per heavy atom. The lowest BCUT2D eigenvalue weighted by Crippen LogP contribution is -2.30. The average Bonchev–Trinajstić information content (AvgIpc) is 2.81. The first kappa shape index (κ1) is 31.9. The predicted molar refractivity (Wildman–Crippen MR) is 120 cm³/mol. The van der Waals surface area contributed by atoms with Crippen LogP contribution in [0.1, 0.15) is 80.1 Å². The Balaban J connectivity index is 5.67. The van der Waals surface area contributed by atoms with E-state index in [2.05, 4.69) is 0 Å². The van der Waals surface area contributed by atoms with Crippen molar-refractivity contribution in [1.82, 2.24) is 0 Å². The van der Waals surface area contributed by atoms with Crippen LogP contribution >= 0.6 is 7.82 Å². The molecule has 0 heterocycles. The first-order valence-electron chi connectivity index (χ1n) is 11.5. The molecule has 0 aliphatic heterocycles. The van der Waals surface area contributed by atoms with Gasteiger partial charge in [-0.15, -0.1) is 0 Å². The molecular formula is C21H45O10P. The third-order valence-corrected chi connectivity index (χ3v) is 5.92. The van der Waals surface area contributed by atoms with Crippen LogP contribution in [0.3, 0.4) is 0 Å². The van der Waals surface area contributed by atoms with Crippen molar-refractivity contribution in [2.24, 2.45) is 0 Å². The zero-order chi connectivity index (χ0) is 24.6. The maximum absolute atomic E-state index is 13.8. The zero-order valence-corrected chi connectivity index (χ0v) is 22.1. The van der Waals surface area contributed by atoms with E-state index in [4.69, 9.17) is 42.0 Å². The highest BCUT2D eigenvalue weighted by molar-refractivity contribution is 7.48. The maximum atomic E-state index is 13.8. The van der Waals surface area contributed by atoms with Gasteiger partial charge in [-0.25, -0.2) is 4.57 Å². The van der Waals surface area contributed by atoms with Crippen LogP contribution in [-0.2, 0) is 46.6 Å². The fourth-order valence-corrected chi connectivity index (χ4v) is 4.17. The van der Waals surface area contributed by atoms with E-state index < -0.39 is 45.6 Å². The van der Waals surface area contributed by atoms with Gasteiger partial charge in [0.1, 0.15) is 0 Å². The lowest BCUT2D eigenvalue weighted by atomic mass is 10.4. The molecule has 6 unspecified atom stereocenters. The molecule has 0 aromatic carbocycles. The summed E-state index contributed by atoms with van der Waals surface area (Å²) < 4.78 is 64.1. The summed E-state index contributed by atoms with van der Waals surface area (Å²) >= 11 is 0. The zero-order valence-electron chi connectivity index (χ0n) is 21.2. The van der Waals surface area contributed by atoms with E-state index in [0.29, 0.717) is 38.5 Å². The number of hydrogen-bond donors (Lipinski definition) is 0. The van der Waals surface area contributed by atoms with Crippen molar-refractivity contribution < 1.29 is 46.6 Å². The van der Waals surface area contributed by atoms with Crippen LogP contribution < -0.4 is 0 Å². The second-order valence-corrected chi connectivity index (χ2v) is 8.43. The molecule has 0 bridgehead atoms. The number of hydrogen-bond acceptors (Lipinski definition) is 10. The molecule has 0 fully saturated rings. The molecule has 0 spiro atoms. The molecule has 0 aliphatic carbocycles. The summed E-state index contributed by atoms with van der Waals surface area (Å²) in [6.07, 6.45) is -1.35. The van der Waals surface area contributed by atoms with E-state index in [0.717, 1.165) is 0 Å². The summed E-state index contributed by atoms with van der Waals surface area (Å²) in [4.78, 5) is 0. The fourth-order valence-electron chi connectivity index (χ4n) is 2.56. The molecule has 0 aliphatic rings. The van der Waals surface area contributed by atoms with Gasteiger partial charge in [-0.1, -0.05) is 41.5 Å². The fraction of sp³-hybridized carbons (Fsp3) is 1.00. The highest BCUT2D eigenvalue weighted by Gasteiger charge is 2.39. The van der Waals surface area contributed by atoms with Gasteiger partial charge in [0.25, 0.3) is 0 Å². The molecule has 0 saturated carbocycles. The largest absolute Gasteiger partial charge is 0.481 e. The number of phosphoric ester groups is 1. The molecule has 0 aromatic heterocycles. The summed E-state index contributed by atoms with van der Waals surface area (Å²) in [7, 11) is 0.375. The lowest BCUT2D eigenvalue weighted by molar-refractivity contribution is -0.249. The van der Waals surface area contributed by atoms with Gasteiger partial charge < -0.3 is 28.4 Å². The first-order valence-corrected chi connectivity index (χ1v) is 12.9. The minimum Gasteiger partial charge on any atom is -0.356 e. The first-order chi connectivity index (χ1) is 15.3. The van der Waals surface area contributed by atoms with E-state index in [1.54, 1.807) is 0 Å². The van der Waals surface area contributed by atoms with Gasteiger partial charge in [0.2, 0.25) is 0 Å². The smallest absolute Gasteiger partial charge is 0.356 e. The van der Waals surface area contributed by atoms with E-state index >= 15 is 0 Å². The highest BCUT2D eigenvalue weighted by Crippen LogP contribution is 2.54. The van der Waals surface area contributed by atoms with Crippen LogP contribution in [0, 0.1) is 0 Å². The normalized spacial score (nSPS) is 19.7. The van der Waals surface area contributed by atoms with Gasteiger partial charge in [0.15, 0.2) is 37.7 Å². The minimum atomic E-state index is -4.21. The second-order valence-electron chi connectivity index (χ2n) is 6.91. The van der Waals surface area contributed by atoms with Gasteiger partial charge >= 0.3 is 7.82 Å². The summed E-state index contributed by atoms with van der Waals surface area (Å²) in [6, 6.07) is 0. The summed E-state index contributed by atoms with van der Waals surface area (Å²) in [5.41, 5.74) is 0. The quantitative estimate of drug-likeness (QED) is 0.151. The summed E-state index contributed by atoms with van der Waals surface area (Å²) in [6.45, 7) is 11.2. The average molecular weight is 489 g/mol. The van der Waals surface area contributed by atoms with Gasteiger partial charge in [-0.05, 0) is 38.5 Å². The molecule has 10 nitrogen and oxygen atoms in total. The van der Waals surface area contributed by atoms with Crippen molar-refractivity contribution in [3.8, 4) is 0 Å². The van der Waals surface area contributed by atoms with Gasteiger partial charge in [-0.2, -0.15) is 0 Å². The van der Waals surface area contributed by atoms with Crippen molar-refractivity contribution >= 4 is 7.82 Å². The van der Waals surface area contributed by atoms with Gasteiger partial charge in [-0.3, -0.25) is 13.6 Å². The standard InChI is InChI=1S/C21H45O10P/c1-10-16(23-7)26-19(13-4)29-32(22,30-20(14-5)27-17(11-2)24-8)31-21(15-6)28-18(12-3)25-9/h16-21H,10-15H2,1-9H3. The Bertz CT molecular complexity index is 417. The molecule has 11 heteroatoms. The van der Waals surface area contributed by atoms with E-state index in [1.165, 1.54) is 21.3 Å². The highest BCUT2D eigenvalue weighted by atomic mass is 31.2. The third-order valence-electron chi connectivity index (χ3n) is 4.44. The molecule has 0 saturated heterocycles. The van der Waals surface area contributed by atoms with Gasteiger partial charge in [0, 0.05) is 21.3 Å². The van der Waals surface area contributed by atoms with Crippen molar-refractivity contribution in [2.75, 3.05) is 21.3 Å². The predicted octanol–water partition coefficient (Wildman–Crippen LogP) is 5.55. The van der Waals surface area contributed by atoms with E-state index in [1.807, 2.05) is 41.5 Å². The molecule has 0 amide bonds. The van der Waals surface area contributed by atoms with E-state index in [9.17, 15) is 4.57 Å². The lowest BCUT2D eigenvalue weighted by Gasteiger charge is -2.31.